The van der Waals surface area contributed by atoms with Gasteiger partial charge in [0.15, 0.2) is 5.82 Å². The summed E-state index contributed by atoms with van der Waals surface area (Å²) in [5.74, 6) is 2.62. The van der Waals surface area contributed by atoms with Crippen molar-refractivity contribution < 1.29 is 14.1 Å². The van der Waals surface area contributed by atoms with Crippen LogP contribution in [0.1, 0.15) is 54.9 Å². The summed E-state index contributed by atoms with van der Waals surface area (Å²) < 4.78 is 10.6. The summed E-state index contributed by atoms with van der Waals surface area (Å²) in [4.78, 5) is 18.9. The minimum absolute atomic E-state index is 0.0931. The largest absolute Gasteiger partial charge is 0.497 e. The maximum absolute atomic E-state index is 12.6. The molecule has 1 saturated heterocycles. The van der Waals surface area contributed by atoms with E-state index in [-0.39, 0.29) is 12.1 Å². The molecule has 1 aliphatic carbocycles. The molecule has 2 heterocycles. The first-order valence-corrected chi connectivity index (χ1v) is 8.75. The van der Waals surface area contributed by atoms with E-state index in [1.165, 1.54) is 0 Å². The molecule has 2 amide bonds. The molecular formula is C18H22N4O3. The van der Waals surface area contributed by atoms with Gasteiger partial charge in [0.25, 0.3) is 0 Å². The SMILES string of the molecule is COc1ccc(CNC(=O)N2CCCC2c2nc(C3CC3)no2)cc1. The lowest BCUT2D eigenvalue weighted by molar-refractivity contribution is 0.180. The molecular weight excluding hydrogens is 320 g/mol. The summed E-state index contributed by atoms with van der Waals surface area (Å²) in [7, 11) is 1.64. The van der Waals surface area contributed by atoms with Gasteiger partial charge in [-0.05, 0) is 43.4 Å². The Labute approximate surface area is 146 Å². The lowest BCUT2D eigenvalue weighted by atomic mass is 10.2. The number of methoxy groups -OCH3 is 1. The van der Waals surface area contributed by atoms with E-state index in [0.29, 0.717) is 24.9 Å². The minimum atomic E-state index is -0.115. The molecule has 25 heavy (non-hydrogen) atoms. The van der Waals surface area contributed by atoms with Gasteiger partial charge in [-0.1, -0.05) is 17.3 Å². The monoisotopic (exact) mass is 342 g/mol. The highest BCUT2D eigenvalue weighted by Gasteiger charge is 2.36. The number of nitrogens with one attached hydrogen (secondary N) is 1. The smallest absolute Gasteiger partial charge is 0.318 e. The van der Waals surface area contributed by atoms with Crippen LogP contribution in [0.25, 0.3) is 0 Å². The fourth-order valence-corrected chi connectivity index (χ4v) is 3.18. The number of urea groups is 1. The van der Waals surface area contributed by atoms with Crippen molar-refractivity contribution in [2.75, 3.05) is 13.7 Å². The zero-order chi connectivity index (χ0) is 17.2. The number of benzene rings is 1. The number of amides is 2. The van der Waals surface area contributed by atoms with Gasteiger partial charge in [-0.3, -0.25) is 0 Å². The maximum atomic E-state index is 12.6. The van der Waals surface area contributed by atoms with E-state index in [1.807, 2.05) is 24.3 Å². The van der Waals surface area contributed by atoms with Crippen molar-refractivity contribution in [3.05, 3.63) is 41.5 Å². The molecule has 0 spiro atoms. The number of carbonyl (C=O) groups is 1. The van der Waals surface area contributed by atoms with Crippen molar-refractivity contribution >= 4 is 6.03 Å². The second-order valence-electron chi connectivity index (χ2n) is 6.62. The molecule has 2 fully saturated rings. The van der Waals surface area contributed by atoms with Crippen LogP contribution in [0, 0.1) is 0 Å². The summed E-state index contributed by atoms with van der Waals surface area (Å²) in [6.07, 6.45) is 4.08. The highest BCUT2D eigenvalue weighted by atomic mass is 16.5. The molecule has 2 aliphatic rings. The van der Waals surface area contributed by atoms with E-state index >= 15 is 0 Å². The zero-order valence-corrected chi connectivity index (χ0v) is 14.3. The molecule has 1 aromatic heterocycles. The van der Waals surface area contributed by atoms with Gasteiger partial charge >= 0.3 is 6.03 Å². The third kappa shape index (κ3) is 3.45. The first kappa shape index (κ1) is 15.9. The predicted octanol–water partition coefficient (Wildman–Crippen LogP) is 3.00. The van der Waals surface area contributed by atoms with Gasteiger partial charge in [-0.25, -0.2) is 4.79 Å². The average molecular weight is 342 g/mol. The van der Waals surface area contributed by atoms with Crippen LogP contribution >= 0.6 is 0 Å². The van der Waals surface area contributed by atoms with Gasteiger partial charge in [0.05, 0.1) is 7.11 Å². The molecule has 7 heteroatoms. The van der Waals surface area contributed by atoms with Crippen molar-refractivity contribution in [3.63, 3.8) is 0 Å². The van der Waals surface area contributed by atoms with Crippen LogP contribution in [0.2, 0.25) is 0 Å². The molecule has 0 radical (unpaired) electrons. The molecule has 1 saturated carbocycles. The number of hydrogen-bond donors (Lipinski definition) is 1. The Bertz CT molecular complexity index is 739. The van der Waals surface area contributed by atoms with E-state index in [1.54, 1.807) is 12.0 Å². The zero-order valence-electron chi connectivity index (χ0n) is 14.3. The van der Waals surface area contributed by atoms with Gasteiger partial charge in [-0.15, -0.1) is 0 Å². The van der Waals surface area contributed by atoms with Crippen LogP contribution in [0.3, 0.4) is 0 Å². The molecule has 1 atom stereocenters. The van der Waals surface area contributed by atoms with Gasteiger partial charge in [0, 0.05) is 19.0 Å². The summed E-state index contributed by atoms with van der Waals surface area (Å²) in [5.41, 5.74) is 1.03. The molecule has 132 valence electrons. The topological polar surface area (TPSA) is 80.5 Å². The van der Waals surface area contributed by atoms with Crippen LogP contribution in [0.5, 0.6) is 5.75 Å². The van der Waals surface area contributed by atoms with E-state index in [2.05, 4.69) is 15.5 Å². The van der Waals surface area contributed by atoms with Crippen LogP contribution < -0.4 is 10.1 Å². The Hall–Kier alpha value is -2.57. The van der Waals surface area contributed by atoms with E-state index in [9.17, 15) is 4.79 Å². The number of ether oxygens (including phenoxy) is 1. The number of nitrogens with zero attached hydrogens (tertiary/aromatic N) is 3. The summed E-state index contributed by atoms with van der Waals surface area (Å²) in [6, 6.07) is 7.46. The van der Waals surface area contributed by atoms with E-state index in [0.717, 1.165) is 42.8 Å². The molecule has 1 aromatic carbocycles. The van der Waals surface area contributed by atoms with Crippen molar-refractivity contribution in [1.82, 2.24) is 20.4 Å². The summed E-state index contributed by atoms with van der Waals surface area (Å²) >= 11 is 0. The van der Waals surface area contributed by atoms with Crippen LogP contribution in [-0.4, -0.2) is 34.7 Å². The Morgan fingerprint density at radius 1 is 1.32 bits per heavy atom. The number of hydrogen-bond acceptors (Lipinski definition) is 5. The number of carbonyl (C=O) groups excluding carboxylic acids is 1. The molecule has 1 N–H and O–H groups in total. The lowest BCUT2D eigenvalue weighted by Crippen LogP contribution is -2.39. The third-order valence-corrected chi connectivity index (χ3v) is 4.80. The fourth-order valence-electron chi connectivity index (χ4n) is 3.18. The maximum Gasteiger partial charge on any atom is 0.318 e. The first-order valence-electron chi connectivity index (χ1n) is 8.75. The molecule has 7 nitrogen and oxygen atoms in total. The molecule has 1 aliphatic heterocycles. The van der Waals surface area contributed by atoms with Gasteiger partial charge in [0.1, 0.15) is 11.8 Å². The normalized spacial score (nSPS) is 19.9. The second kappa shape index (κ2) is 6.74. The van der Waals surface area contributed by atoms with Crippen molar-refractivity contribution in [2.24, 2.45) is 0 Å². The Balaban J connectivity index is 1.37. The van der Waals surface area contributed by atoms with Crippen LogP contribution in [0.4, 0.5) is 4.79 Å². The van der Waals surface area contributed by atoms with Crippen molar-refractivity contribution in [2.45, 2.75) is 44.2 Å². The Kier molecular flexibility index (Phi) is 4.29. The van der Waals surface area contributed by atoms with Gasteiger partial charge in [0.2, 0.25) is 5.89 Å². The Morgan fingerprint density at radius 3 is 2.84 bits per heavy atom. The highest BCUT2D eigenvalue weighted by molar-refractivity contribution is 5.75. The third-order valence-electron chi connectivity index (χ3n) is 4.80. The standard InChI is InChI=1S/C18H22N4O3/c1-24-14-8-4-12(5-9-14)11-19-18(23)22-10-2-3-15(22)17-20-16(21-25-17)13-6-7-13/h4-5,8-9,13,15H,2-3,6-7,10-11H2,1H3,(H,19,23). The predicted molar refractivity (Wildman–Crippen MR) is 90.2 cm³/mol. The Morgan fingerprint density at radius 2 is 2.12 bits per heavy atom. The molecule has 1 unspecified atom stereocenters. The second-order valence-corrected chi connectivity index (χ2v) is 6.62. The highest BCUT2D eigenvalue weighted by Crippen LogP contribution is 2.39. The quantitative estimate of drug-likeness (QED) is 0.903. The van der Waals surface area contributed by atoms with Gasteiger partial charge < -0.3 is 19.5 Å². The summed E-state index contributed by atoms with van der Waals surface area (Å²) in [6.45, 7) is 1.18. The van der Waals surface area contributed by atoms with E-state index < -0.39 is 0 Å². The minimum Gasteiger partial charge on any atom is -0.497 e. The number of likely N-dealkylation sites (tertiary alicyclic amines) is 1. The fraction of sp³-hybridized carbons (Fsp3) is 0.500. The average Bonchev–Trinajstić information content (AvgIpc) is 3.18. The van der Waals surface area contributed by atoms with Gasteiger partial charge in [-0.2, -0.15) is 4.98 Å². The number of aromatic nitrogens is 2. The van der Waals surface area contributed by atoms with Crippen molar-refractivity contribution in [3.8, 4) is 5.75 Å². The molecule has 4 rings (SSSR count). The first-order chi connectivity index (χ1) is 12.2. The van der Waals surface area contributed by atoms with Crippen LogP contribution in [-0.2, 0) is 6.54 Å². The number of rotatable bonds is 5. The lowest BCUT2D eigenvalue weighted by Gasteiger charge is -2.22. The molecule has 0 bridgehead atoms. The van der Waals surface area contributed by atoms with Crippen LogP contribution in [0.15, 0.2) is 28.8 Å². The van der Waals surface area contributed by atoms with Crippen molar-refractivity contribution in [1.29, 1.82) is 0 Å². The van der Waals surface area contributed by atoms with E-state index in [4.69, 9.17) is 9.26 Å². The summed E-state index contributed by atoms with van der Waals surface area (Å²) in [5, 5.41) is 7.05. The molecule has 2 aromatic rings.